The highest BCUT2D eigenvalue weighted by molar-refractivity contribution is 6.00. The molecule has 0 bridgehead atoms. The molecule has 2 aromatic heterocycles. The SMILES string of the molecule is C#CC(C)(CC)NC(=O)c1cccnc1Nc1cc(F)cc(F)c1.O=C(O)c1cccnc1Nc1cc(F)cc(F)c1. The minimum Gasteiger partial charge on any atom is -0.478 e. The summed E-state index contributed by atoms with van der Waals surface area (Å²) in [6, 6.07) is 11.7. The van der Waals surface area contributed by atoms with E-state index in [9.17, 15) is 27.2 Å². The van der Waals surface area contributed by atoms with E-state index in [4.69, 9.17) is 11.5 Å². The standard InChI is InChI=1S/C18H17F2N3O.C12H8F2N2O2/c1-4-18(3,5-2)23-17(24)15-7-6-8-21-16(15)22-14-10-12(19)9-13(20)11-14;13-7-4-8(14)6-9(5-7)16-11-10(12(17)18)2-1-3-15-11/h1,6-11H,5H2,2-3H3,(H,21,22)(H,23,24);1-6H,(H,15,16)(H,17,18). The van der Waals surface area contributed by atoms with E-state index >= 15 is 0 Å². The van der Waals surface area contributed by atoms with Gasteiger partial charge in [-0.2, -0.15) is 0 Å². The minimum absolute atomic E-state index is 0.0231. The van der Waals surface area contributed by atoms with Gasteiger partial charge in [-0.25, -0.2) is 32.3 Å². The average molecular weight is 580 g/mol. The lowest BCUT2D eigenvalue weighted by atomic mass is 9.99. The molecule has 216 valence electrons. The number of carboxylic acid groups (broad SMARTS) is 1. The monoisotopic (exact) mass is 579 g/mol. The van der Waals surface area contributed by atoms with Crippen LogP contribution in [-0.2, 0) is 0 Å². The van der Waals surface area contributed by atoms with E-state index in [1.807, 2.05) is 6.92 Å². The second-order valence-corrected chi connectivity index (χ2v) is 8.95. The number of rotatable bonds is 8. The molecule has 1 atom stereocenters. The van der Waals surface area contributed by atoms with Gasteiger partial charge in [-0.15, -0.1) is 6.42 Å². The average Bonchev–Trinajstić information content (AvgIpc) is 2.92. The number of amides is 1. The van der Waals surface area contributed by atoms with Gasteiger partial charge in [0, 0.05) is 35.9 Å². The molecule has 0 radical (unpaired) electrons. The fourth-order valence-corrected chi connectivity index (χ4v) is 3.44. The first kappa shape index (κ1) is 31.1. The summed E-state index contributed by atoms with van der Waals surface area (Å²) >= 11 is 0. The summed E-state index contributed by atoms with van der Waals surface area (Å²) in [5.74, 6) is -1.84. The summed E-state index contributed by atoms with van der Waals surface area (Å²) in [4.78, 5) is 31.3. The van der Waals surface area contributed by atoms with Crippen LogP contribution in [0.25, 0.3) is 0 Å². The number of nitrogens with one attached hydrogen (secondary N) is 3. The molecule has 12 heteroatoms. The van der Waals surface area contributed by atoms with Gasteiger partial charge < -0.3 is 21.1 Å². The van der Waals surface area contributed by atoms with Crippen molar-refractivity contribution in [2.24, 2.45) is 0 Å². The molecule has 0 aliphatic heterocycles. The van der Waals surface area contributed by atoms with Crippen molar-refractivity contribution in [1.82, 2.24) is 15.3 Å². The Labute approximate surface area is 238 Å². The van der Waals surface area contributed by atoms with Crippen LogP contribution in [-0.4, -0.2) is 32.5 Å². The molecule has 4 N–H and O–H groups in total. The summed E-state index contributed by atoms with van der Waals surface area (Å²) < 4.78 is 52.6. The predicted molar refractivity (Wildman–Crippen MR) is 150 cm³/mol. The van der Waals surface area contributed by atoms with E-state index in [0.29, 0.717) is 6.42 Å². The van der Waals surface area contributed by atoms with Gasteiger partial charge in [0.05, 0.1) is 11.1 Å². The van der Waals surface area contributed by atoms with E-state index in [-0.39, 0.29) is 34.1 Å². The highest BCUT2D eigenvalue weighted by Crippen LogP contribution is 2.22. The summed E-state index contributed by atoms with van der Waals surface area (Å²) in [7, 11) is 0. The summed E-state index contributed by atoms with van der Waals surface area (Å²) in [6.07, 6.45) is 8.86. The number of aromatic carboxylic acids is 1. The van der Waals surface area contributed by atoms with Crippen LogP contribution in [0.4, 0.5) is 40.6 Å². The Balaban J connectivity index is 0.000000240. The third-order valence-electron chi connectivity index (χ3n) is 5.76. The van der Waals surface area contributed by atoms with Crippen molar-refractivity contribution in [3.8, 4) is 12.3 Å². The molecule has 42 heavy (non-hydrogen) atoms. The second kappa shape index (κ2) is 13.8. The Morgan fingerprint density at radius 3 is 1.67 bits per heavy atom. The predicted octanol–water partition coefficient (Wildman–Crippen LogP) is 6.44. The van der Waals surface area contributed by atoms with Crippen molar-refractivity contribution in [2.45, 2.75) is 25.8 Å². The Bertz CT molecular complexity index is 1600. The van der Waals surface area contributed by atoms with Crippen molar-refractivity contribution >= 4 is 34.9 Å². The molecule has 2 heterocycles. The number of terminal acetylenes is 1. The first-order valence-electron chi connectivity index (χ1n) is 12.3. The number of pyridine rings is 2. The molecular formula is C30H25F4N5O3. The van der Waals surface area contributed by atoms with E-state index in [1.165, 1.54) is 24.5 Å². The lowest BCUT2D eigenvalue weighted by molar-refractivity contribution is 0.0697. The molecule has 0 fully saturated rings. The van der Waals surface area contributed by atoms with Crippen LogP contribution in [0.5, 0.6) is 0 Å². The molecule has 0 aliphatic rings. The Morgan fingerprint density at radius 2 is 1.26 bits per heavy atom. The number of carbonyl (C=O) groups excluding carboxylic acids is 1. The van der Waals surface area contributed by atoms with Gasteiger partial charge in [0.2, 0.25) is 0 Å². The molecule has 8 nitrogen and oxygen atoms in total. The smallest absolute Gasteiger partial charge is 0.339 e. The fraction of sp³-hybridized carbons (Fsp3) is 0.133. The van der Waals surface area contributed by atoms with Crippen molar-refractivity contribution in [2.75, 3.05) is 10.6 Å². The molecule has 0 saturated carbocycles. The zero-order valence-corrected chi connectivity index (χ0v) is 22.4. The first-order valence-corrected chi connectivity index (χ1v) is 12.3. The highest BCUT2D eigenvalue weighted by Gasteiger charge is 2.24. The number of anilines is 4. The maximum absolute atomic E-state index is 13.3. The lowest BCUT2D eigenvalue weighted by Gasteiger charge is -2.24. The highest BCUT2D eigenvalue weighted by atomic mass is 19.1. The third kappa shape index (κ3) is 8.53. The number of benzene rings is 2. The van der Waals surface area contributed by atoms with Crippen LogP contribution in [0, 0.1) is 35.6 Å². The van der Waals surface area contributed by atoms with Crippen LogP contribution in [0.15, 0.2) is 73.1 Å². The number of hydrogen-bond donors (Lipinski definition) is 4. The van der Waals surface area contributed by atoms with Crippen molar-refractivity contribution < 1.29 is 32.3 Å². The quantitative estimate of drug-likeness (QED) is 0.140. The molecule has 1 unspecified atom stereocenters. The third-order valence-corrected chi connectivity index (χ3v) is 5.76. The Kier molecular flexibility index (Phi) is 10.2. The number of nitrogens with zero attached hydrogens (tertiary/aromatic N) is 2. The largest absolute Gasteiger partial charge is 0.478 e. The van der Waals surface area contributed by atoms with Gasteiger partial charge in [-0.1, -0.05) is 12.8 Å². The summed E-state index contributed by atoms with van der Waals surface area (Å²) in [5.41, 5.74) is -0.418. The molecule has 2 aromatic carbocycles. The fourth-order valence-electron chi connectivity index (χ4n) is 3.44. The van der Waals surface area contributed by atoms with Gasteiger partial charge in [-0.3, -0.25) is 4.79 Å². The van der Waals surface area contributed by atoms with E-state index < -0.39 is 40.7 Å². The Hall–Kier alpha value is -5.44. The number of aromatic nitrogens is 2. The van der Waals surface area contributed by atoms with Crippen LogP contribution >= 0.6 is 0 Å². The van der Waals surface area contributed by atoms with Gasteiger partial charge in [-0.05, 0) is 61.9 Å². The zero-order chi connectivity index (χ0) is 30.9. The molecule has 4 aromatic rings. The molecule has 0 spiro atoms. The van der Waals surface area contributed by atoms with Crippen molar-refractivity contribution in [3.63, 3.8) is 0 Å². The van der Waals surface area contributed by atoms with Gasteiger partial charge in [0.25, 0.3) is 5.91 Å². The summed E-state index contributed by atoms with van der Waals surface area (Å²) in [5, 5.41) is 17.0. The van der Waals surface area contributed by atoms with Gasteiger partial charge in [0.1, 0.15) is 40.5 Å². The molecule has 4 rings (SSSR count). The van der Waals surface area contributed by atoms with Crippen molar-refractivity contribution in [1.29, 1.82) is 0 Å². The van der Waals surface area contributed by atoms with Crippen LogP contribution in [0.3, 0.4) is 0 Å². The summed E-state index contributed by atoms with van der Waals surface area (Å²) in [6.45, 7) is 3.59. The molecule has 1 amide bonds. The van der Waals surface area contributed by atoms with E-state index in [1.54, 1.807) is 19.1 Å². The van der Waals surface area contributed by atoms with E-state index in [0.717, 1.165) is 36.4 Å². The maximum atomic E-state index is 13.3. The number of carboxylic acids is 1. The van der Waals surface area contributed by atoms with Crippen molar-refractivity contribution in [3.05, 3.63) is 107 Å². The van der Waals surface area contributed by atoms with Gasteiger partial charge >= 0.3 is 5.97 Å². The van der Waals surface area contributed by atoms with Crippen LogP contribution < -0.4 is 16.0 Å². The zero-order valence-electron chi connectivity index (χ0n) is 22.4. The number of hydrogen-bond acceptors (Lipinski definition) is 6. The molecule has 0 saturated heterocycles. The molecular weight excluding hydrogens is 554 g/mol. The van der Waals surface area contributed by atoms with Crippen LogP contribution in [0.1, 0.15) is 41.0 Å². The minimum atomic E-state index is -1.18. The lowest BCUT2D eigenvalue weighted by Crippen LogP contribution is -2.44. The maximum Gasteiger partial charge on any atom is 0.339 e. The van der Waals surface area contributed by atoms with Gasteiger partial charge in [0.15, 0.2) is 0 Å². The number of halogens is 4. The Morgan fingerprint density at radius 1 is 0.833 bits per heavy atom. The first-order chi connectivity index (χ1) is 19.9. The second-order valence-electron chi connectivity index (χ2n) is 8.95. The topological polar surface area (TPSA) is 116 Å². The number of carbonyl (C=O) groups is 2. The molecule has 0 aliphatic carbocycles. The van der Waals surface area contributed by atoms with E-state index in [2.05, 4.69) is 31.8 Å². The van der Waals surface area contributed by atoms with Crippen LogP contribution in [0.2, 0.25) is 0 Å². The normalized spacial score (nSPS) is 11.6.